The molecule has 0 radical (unpaired) electrons. The minimum absolute atomic E-state index is 0.0919. The number of amides is 1. The lowest BCUT2D eigenvalue weighted by molar-refractivity contribution is -0.137. The van der Waals surface area contributed by atoms with Gasteiger partial charge in [0.2, 0.25) is 5.91 Å². The van der Waals surface area contributed by atoms with Crippen LogP contribution >= 0.6 is 12.2 Å². The molecule has 0 aliphatic heterocycles. The van der Waals surface area contributed by atoms with Crippen LogP contribution in [0.4, 0.5) is 0 Å². The Morgan fingerprint density at radius 1 is 1.08 bits per heavy atom. The number of carbonyl (C=O) groups excluding carboxylic acids is 1. The van der Waals surface area contributed by atoms with Crippen LogP contribution in [0, 0.1) is 31.3 Å². The van der Waals surface area contributed by atoms with E-state index >= 15 is 0 Å². The Balaban J connectivity index is 0.000000318. The molecule has 0 spiro atoms. The predicted octanol–water partition coefficient (Wildman–Crippen LogP) is 6.13. The molecule has 0 aliphatic carbocycles. The molecule has 0 bridgehead atoms. The van der Waals surface area contributed by atoms with E-state index in [0.717, 1.165) is 17.7 Å². The molecule has 0 saturated heterocycles. The first-order valence-corrected chi connectivity index (χ1v) is 13.6. The maximum atomic E-state index is 12.6. The summed E-state index contributed by atoms with van der Waals surface area (Å²) in [5.41, 5.74) is 7.33. The predicted molar refractivity (Wildman–Crippen MR) is 160 cm³/mol. The van der Waals surface area contributed by atoms with Gasteiger partial charge in [0.1, 0.15) is 10.7 Å². The quantitative estimate of drug-likeness (QED) is 0.295. The van der Waals surface area contributed by atoms with Crippen molar-refractivity contribution in [2.75, 3.05) is 20.6 Å². The number of pyridine rings is 2. The first-order valence-electron chi connectivity index (χ1n) is 13.2. The van der Waals surface area contributed by atoms with Crippen LogP contribution in [0.25, 0.3) is 11.1 Å². The van der Waals surface area contributed by atoms with Crippen LogP contribution in [-0.2, 0) is 16.1 Å². The molecule has 2 heterocycles. The summed E-state index contributed by atoms with van der Waals surface area (Å²) in [7, 11) is 3.99. The number of nitrogens with one attached hydrogen (secondary N) is 1. The van der Waals surface area contributed by atoms with Crippen molar-refractivity contribution in [3.8, 4) is 11.1 Å². The topological polar surface area (TPSA) is 87.5 Å². The molecule has 1 atom stereocenters. The third kappa shape index (κ3) is 10.0. The number of aryl methyl sites for hydroxylation is 3. The molecule has 2 aromatic heterocycles. The minimum Gasteiger partial charge on any atom is -0.481 e. The standard InChI is InChI=1S/C18H29N3O3S.C13H13N/c1-12(2)8-15(18(24)19-7-6-17(22)23)21-11-14(10-20(4)5)13(3)9-16(21)25;1-10-5-3-6-11(2)13(10)12-7-4-8-14-9-12/h9,11-12,15H,6-8,10H2,1-5H3,(H,19,24)(H,22,23);3-9H,1-2H3. The molecule has 39 heavy (non-hydrogen) atoms. The largest absolute Gasteiger partial charge is 0.481 e. The number of nitrogens with zero attached hydrogens (tertiary/aromatic N) is 3. The lowest BCUT2D eigenvalue weighted by Crippen LogP contribution is -2.35. The summed E-state index contributed by atoms with van der Waals surface area (Å²) >= 11 is 5.49. The minimum atomic E-state index is -0.930. The van der Waals surface area contributed by atoms with Crippen molar-refractivity contribution in [2.24, 2.45) is 5.92 Å². The van der Waals surface area contributed by atoms with Crippen LogP contribution < -0.4 is 5.32 Å². The summed E-state index contributed by atoms with van der Waals surface area (Å²) < 4.78 is 2.45. The van der Waals surface area contributed by atoms with Gasteiger partial charge in [-0.05, 0) is 87.2 Å². The fraction of sp³-hybridized carbons (Fsp3) is 0.419. The Morgan fingerprint density at radius 2 is 1.74 bits per heavy atom. The SMILES string of the molecule is Cc1cc(=S)n(C(CC(C)C)C(=O)NCCC(=O)O)cc1CN(C)C.Cc1cccc(C)c1-c1cccnc1. The molecule has 7 nitrogen and oxygen atoms in total. The summed E-state index contributed by atoms with van der Waals surface area (Å²) in [6.07, 6.45) is 6.22. The molecular formula is C31H42N4O3S. The van der Waals surface area contributed by atoms with Crippen molar-refractivity contribution in [1.29, 1.82) is 0 Å². The highest BCUT2D eigenvalue weighted by Crippen LogP contribution is 2.26. The Bertz CT molecular complexity index is 1280. The van der Waals surface area contributed by atoms with Gasteiger partial charge in [0, 0.05) is 37.2 Å². The van der Waals surface area contributed by atoms with E-state index in [-0.39, 0.29) is 18.9 Å². The van der Waals surface area contributed by atoms with Crippen LogP contribution in [0.15, 0.2) is 55.0 Å². The number of rotatable bonds is 10. The molecule has 1 aromatic carbocycles. The average molecular weight is 551 g/mol. The summed E-state index contributed by atoms with van der Waals surface area (Å²) in [5.74, 6) is -0.817. The number of hydrogen-bond donors (Lipinski definition) is 2. The normalized spacial score (nSPS) is 11.6. The van der Waals surface area contributed by atoms with E-state index in [0.29, 0.717) is 17.0 Å². The Kier molecular flexibility index (Phi) is 12.5. The summed E-state index contributed by atoms with van der Waals surface area (Å²) in [5, 5.41) is 11.5. The van der Waals surface area contributed by atoms with Gasteiger partial charge in [-0.3, -0.25) is 14.6 Å². The van der Waals surface area contributed by atoms with Crippen molar-refractivity contribution < 1.29 is 14.7 Å². The molecule has 1 amide bonds. The van der Waals surface area contributed by atoms with Crippen molar-refractivity contribution in [2.45, 2.75) is 60.0 Å². The van der Waals surface area contributed by atoms with E-state index in [1.807, 2.05) is 50.1 Å². The number of aromatic nitrogens is 2. The molecule has 0 saturated carbocycles. The van der Waals surface area contributed by atoms with Crippen LogP contribution in [-0.4, -0.2) is 52.1 Å². The van der Waals surface area contributed by atoms with Gasteiger partial charge in [-0.15, -0.1) is 0 Å². The zero-order chi connectivity index (χ0) is 29.1. The van der Waals surface area contributed by atoms with E-state index in [4.69, 9.17) is 17.3 Å². The third-order valence-electron chi connectivity index (χ3n) is 6.28. The molecule has 0 aliphatic rings. The Morgan fingerprint density at radius 3 is 2.28 bits per heavy atom. The molecule has 2 N–H and O–H groups in total. The average Bonchev–Trinajstić information content (AvgIpc) is 2.85. The zero-order valence-corrected chi connectivity index (χ0v) is 25.0. The lowest BCUT2D eigenvalue weighted by atomic mass is 9.97. The van der Waals surface area contributed by atoms with Crippen molar-refractivity contribution in [3.05, 3.63) is 81.9 Å². The molecule has 1 unspecified atom stereocenters. The van der Waals surface area contributed by atoms with Gasteiger partial charge in [0.15, 0.2) is 0 Å². The van der Waals surface area contributed by atoms with Gasteiger partial charge in [-0.2, -0.15) is 0 Å². The summed E-state index contributed by atoms with van der Waals surface area (Å²) in [6, 6.07) is 11.9. The van der Waals surface area contributed by atoms with Crippen LogP contribution in [0.3, 0.4) is 0 Å². The van der Waals surface area contributed by atoms with Crippen molar-refractivity contribution in [3.63, 3.8) is 0 Å². The van der Waals surface area contributed by atoms with Gasteiger partial charge in [-0.25, -0.2) is 0 Å². The monoisotopic (exact) mass is 550 g/mol. The second-order valence-electron chi connectivity index (χ2n) is 10.6. The molecule has 3 aromatic rings. The second-order valence-corrected chi connectivity index (χ2v) is 11.0. The summed E-state index contributed by atoms with van der Waals surface area (Å²) in [6.45, 7) is 11.3. The fourth-order valence-corrected chi connectivity index (χ4v) is 4.78. The second kappa shape index (κ2) is 15.3. The number of aliphatic carboxylic acids is 1. The fourth-order valence-electron chi connectivity index (χ4n) is 4.42. The Hall–Kier alpha value is -3.36. The van der Waals surface area contributed by atoms with E-state index in [1.54, 1.807) is 6.20 Å². The lowest BCUT2D eigenvalue weighted by Gasteiger charge is -2.24. The van der Waals surface area contributed by atoms with Gasteiger partial charge < -0.3 is 19.9 Å². The molecule has 8 heteroatoms. The van der Waals surface area contributed by atoms with Gasteiger partial charge in [-0.1, -0.05) is 50.3 Å². The van der Waals surface area contributed by atoms with Crippen molar-refractivity contribution in [1.82, 2.24) is 19.8 Å². The smallest absolute Gasteiger partial charge is 0.305 e. The van der Waals surface area contributed by atoms with E-state index < -0.39 is 12.0 Å². The van der Waals surface area contributed by atoms with Gasteiger partial charge >= 0.3 is 5.97 Å². The summed E-state index contributed by atoms with van der Waals surface area (Å²) in [4.78, 5) is 29.5. The molecule has 0 fully saturated rings. The van der Waals surface area contributed by atoms with E-state index in [1.165, 1.54) is 22.3 Å². The number of carboxylic acid groups (broad SMARTS) is 1. The maximum Gasteiger partial charge on any atom is 0.305 e. The number of carbonyl (C=O) groups is 2. The third-order valence-corrected chi connectivity index (χ3v) is 6.61. The van der Waals surface area contributed by atoms with Gasteiger partial charge in [0.05, 0.1) is 6.42 Å². The first kappa shape index (κ1) is 31.9. The number of benzene rings is 1. The molecule has 3 rings (SSSR count). The molecule has 210 valence electrons. The van der Waals surface area contributed by atoms with E-state index in [2.05, 4.69) is 67.2 Å². The highest BCUT2D eigenvalue weighted by atomic mass is 32.1. The van der Waals surface area contributed by atoms with E-state index in [9.17, 15) is 9.59 Å². The number of hydrogen-bond acceptors (Lipinski definition) is 5. The Labute approximate surface area is 237 Å². The highest BCUT2D eigenvalue weighted by Gasteiger charge is 2.22. The first-order chi connectivity index (χ1) is 18.4. The van der Waals surface area contributed by atoms with Crippen molar-refractivity contribution >= 4 is 24.1 Å². The van der Waals surface area contributed by atoms with Crippen LogP contribution in [0.5, 0.6) is 0 Å². The molecular weight excluding hydrogens is 508 g/mol. The zero-order valence-electron chi connectivity index (χ0n) is 24.2. The van der Waals surface area contributed by atoms with Gasteiger partial charge in [0.25, 0.3) is 0 Å². The maximum absolute atomic E-state index is 12.6. The number of carboxylic acids is 1. The van der Waals surface area contributed by atoms with Crippen LogP contribution in [0.2, 0.25) is 0 Å². The highest BCUT2D eigenvalue weighted by molar-refractivity contribution is 7.71. The van der Waals surface area contributed by atoms with Crippen LogP contribution in [0.1, 0.15) is 55.0 Å².